The number of aromatic nitrogens is 4. The SMILES string of the molecule is O=C([C@H](O)c1ccccc1)N1CCC[C@H]1c1ncc(-c2ccc(-c3cnc([C@@H]4CCCN4C(=O)[C@H](O)c4ccccc4)[nH]3)cc2)[nH]1. The van der Waals surface area contributed by atoms with Gasteiger partial charge in [0.2, 0.25) is 0 Å². The molecule has 4 atom stereocenters. The van der Waals surface area contributed by atoms with Crippen molar-refractivity contribution >= 4 is 11.8 Å². The van der Waals surface area contributed by atoms with Crippen LogP contribution in [0.1, 0.15) is 72.8 Å². The van der Waals surface area contributed by atoms with Crippen LogP contribution < -0.4 is 0 Å². The summed E-state index contributed by atoms with van der Waals surface area (Å²) < 4.78 is 0. The Bertz CT molecular complexity index is 1670. The number of carbonyl (C=O) groups is 2. The van der Waals surface area contributed by atoms with Gasteiger partial charge in [0.25, 0.3) is 11.8 Å². The molecule has 10 heteroatoms. The van der Waals surface area contributed by atoms with Gasteiger partial charge in [-0.2, -0.15) is 0 Å². The van der Waals surface area contributed by atoms with Gasteiger partial charge in [0.1, 0.15) is 11.6 Å². The summed E-state index contributed by atoms with van der Waals surface area (Å²) in [5.74, 6) is 0.785. The molecule has 2 aliphatic rings. The predicted molar refractivity (Wildman–Crippen MR) is 172 cm³/mol. The van der Waals surface area contributed by atoms with Crippen LogP contribution in [0.25, 0.3) is 22.5 Å². The number of benzene rings is 3. The van der Waals surface area contributed by atoms with Gasteiger partial charge in [0.15, 0.2) is 12.2 Å². The molecular weight excluding hydrogens is 580 g/mol. The zero-order valence-corrected chi connectivity index (χ0v) is 25.3. The van der Waals surface area contributed by atoms with Crippen molar-refractivity contribution in [1.82, 2.24) is 29.7 Å². The van der Waals surface area contributed by atoms with Crippen molar-refractivity contribution in [3.63, 3.8) is 0 Å². The first-order valence-corrected chi connectivity index (χ1v) is 15.8. The number of nitrogens with one attached hydrogen (secondary N) is 2. The summed E-state index contributed by atoms with van der Waals surface area (Å²) in [6.07, 6.45) is 4.39. The van der Waals surface area contributed by atoms with Crippen molar-refractivity contribution < 1.29 is 19.8 Å². The fourth-order valence-corrected chi connectivity index (χ4v) is 6.63. The summed E-state index contributed by atoms with van der Waals surface area (Å²) in [5, 5.41) is 21.5. The van der Waals surface area contributed by atoms with E-state index in [0.717, 1.165) is 48.2 Å². The van der Waals surface area contributed by atoms with Crippen LogP contribution >= 0.6 is 0 Å². The van der Waals surface area contributed by atoms with E-state index in [4.69, 9.17) is 0 Å². The van der Waals surface area contributed by atoms with E-state index in [1.165, 1.54) is 0 Å². The molecule has 2 aromatic heterocycles. The van der Waals surface area contributed by atoms with E-state index in [2.05, 4.69) is 19.9 Å². The van der Waals surface area contributed by atoms with Gasteiger partial charge in [-0.25, -0.2) is 9.97 Å². The number of amides is 2. The molecule has 2 aliphatic heterocycles. The zero-order valence-electron chi connectivity index (χ0n) is 25.3. The van der Waals surface area contributed by atoms with Crippen molar-refractivity contribution in [2.75, 3.05) is 13.1 Å². The molecule has 0 unspecified atom stereocenters. The number of hydrogen-bond acceptors (Lipinski definition) is 6. The van der Waals surface area contributed by atoms with Crippen molar-refractivity contribution in [1.29, 1.82) is 0 Å². The fraction of sp³-hybridized carbons (Fsp3) is 0.278. The molecule has 2 fully saturated rings. The molecule has 2 saturated heterocycles. The van der Waals surface area contributed by atoms with Crippen LogP contribution in [0.15, 0.2) is 97.3 Å². The molecule has 0 aliphatic carbocycles. The molecule has 0 bridgehead atoms. The maximum atomic E-state index is 13.2. The summed E-state index contributed by atoms with van der Waals surface area (Å²) in [7, 11) is 0. The molecule has 0 spiro atoms. The second-order valence-corrected chi connectivity index (χ2v) is 11.9. The highest BCUT2D eigenvalue weighted by Gasteiger charge is 2.36. The van der Waals surface area contributed by atoms with Crippen LogP contribution in [-0.4, -0.2) is 64.9 Å². The average Bonchev–Trinajstić information content (AvgIpc) is 3.94. The first kappa shape index (κ1) is 29.6. The molecule has 5 aromatic rings. The van der Waals surface area contributed by atoms with E-state index >= 15 is 0 Å². The monoisotopic (exact) mass is 616 g/mol. The Morgan fingerprint density at radius 2 is 1.02 bits per heavy atom. The standard InChI is InChI=1S/C36H36N6O4/c43-31(25-9-3-1-4-10-25)35(45)41-19-7-13-29(41)33-37-21-27(39-33)23-15-17-24(18-16-23)28-22-38-34(40-28)30-14-8-20-42(30)36(46)32(44)26-11-5-2-6-12-26/h1-6,9-12,15-18,21-22,29-32,43-44H,7-8,13-14,19-20H2,(H,37,39)(H,38,40)/t29-,30-,31+,32+/m0/s1. The molecule has 234 valence electrons. The highest BCUT2D eigenvalue weighted by Crippen LogP contribution is 2.36. The molecule has 46 heavy (non-hydrogen) atoms. The first-order chi connectivity index (χ1) is 22.5. The van der Waals surface area contributed by atoms with Gasteiger partial charge in [-0.15, -0.1) is 0 Å². The highest BCUT2D eigenvalue weighted by atomic mass is 16.3. The quantitative estimate of drug-likeness (QED) is 0.188. The summed E-state index contributed by atoms with van der Waals surface area (Å²) >= 11 is 0. The second kappa shape index (κ2) is 12.7. The number of rotatable bonds is 8. The second-order valence-electron chi connectivity index (χ2n) is 11.9. The van der Waals surface area contributed by atoms with Gasteiger partial charge in [-0.3, -0.25) is 9.59 Å². The van der Waals surface area contributed by atoms with Crippen LogP contribution in [0.3, 0.4) is 0 Å². The van der Waals surface area contributed by atoms with Crippen LogP contribution in [-0.2, 0) is 9.59 Å². The summed E-state index contributed by atoms with van der Waals surface area (Å²) in [4.78, 5) is 45.9. The molecule has 0 saturated carbocycles. The number of aliphatic hydroxyl groups excluding tert-OH is 2. The van der Waals surface area contributed by atoms with E-state index in [1.807, 2.05) is 60.7 Å². The Balaban J connectivity index is 1.03. The minimum absolute atomic E-state index is 0.224. The van der Waals surface area contributed by atoms with E-state index in [0.29, 0.717) is 35.9 Å². The number of hydrogen-bond donors (Lipinski definition) is 4. The minimum atomic E-state index is -1.20. The van der Waals surface area contributed by atoms with Gasteiger partial charge in [0.05, 0.1) is 35.9 Å². The van der Waals surface area contributed by atoms with Gasteiger partial charge >= 0.3 is 0 Å². The zero-order chi connectivity index (χ0) is 31.6. The Labute approximate surface area is 266 Å². The van der Waals surface area contributed by atoms with E-state index in [9.17, 15) is 19.8 Å². The third kappa shape index (κ3) is 5.73. The minimum Gasteiger partial charge on any atom is -0.378 e. The smallest absolute Gasteiger partial charge is 0.256 e. The molecule has 7 rings (SSSR count). The lowest BCUT2D eigenvalue weighted by Crippen LogP contribution is -2.35. The van der Waals surface area contributed by atoms with Gasteiger partial charge < -0.3 is 30.0 Å². The van der Waals surface area contributed by atoms with Crippen molar-refractivity contribution in [2.45, 2.75) is 50.0 Å². The number of aliphatic hydroxyl groups is 2. The van der Waals surface area contributed by atoms with E-state index in [-0.39, 0.29) is 23.9 Å². The van der Waals surface area contributed by atoms with Crippen LogP contribution in [0.2, 0.25) is 0 Å². The molecule has 4 heterocycles. The van der Waals surface area contributed by atoms with Crippen molar-refractivity contribution in [3.05, 3.63) is 120 Å². The largest absolute Gasteiger partial charge is 0.378 e. The first-order valence-electron chi connectivity index (χ1n) is 15.8. The maximum absolute atomic E-state index is 13.2. The molecule has 2 amide bonds. The number of imidazole rings is 2. The topological polar surface area (TPSA) is 138 Å². The molecule has 0 radical (unpaired) electrons. The lowest BCUT2D eigenvalue weighted by molar-refractivity contribution is -0.142. The average molecular weight is 617 g/mol. The fourth-order valence-electron chi connectivity index (χ4n) is 6.63. The number of carbonyl (C=O) groups excluding carboxylic acids is 2. The van der Waals surface area contributed by atoms with Crippen LogP contribution in [0, 0.1) is 0 Å². The van der Waals surface area contributed by atoms with Gasteiger partial charge in [0, 0.05) is 13.1 Å². The highest BCUT2D eigenvalue weighted by molar-refractivity contribution is 5.83. The lowest BCUT2D eigenvalue weighted by atomic mass is 10.1. The Hall–Kier alpha value is -5.06. The molecule has 3 aromatic carbocycles. The third-order valence-electron chi connectivity index (χ3n) is 9.10. The third-order valence-corrected chi connectivity index (χ3v) is 9.10. The predicted octanol–water partition coefficient (Wildman–Crippen LogP) is 5.26. The van der Waals surface area contributed by atoms with E-state index in [1.54, 1.807) is 46.5 Å². The Morgan fingerprint density at radius 3 is 1.41 bits per heavy atom. The molecular formula is C36H36N6O4. The molecule has 4 N–H and O–H groups in total. The maximum Gasteiger partial charge on any atom is 0.256 e. The van der Waals surface area contributed by atoms with E-state index < -0.39 is 12.2 Å². The molecule has 10 nitrogen and oxygen atoms in total. The van der Waals surface area contributed by atoms with Gasteiger partial charge in [-0.05, 0) is 47.9 Å². The van der Waals surface area contributed by atoms with Crippen molar-refractivity contribution in [3.8, 4) is 22.5 Å². The normalized spacial score (nSPS) is 19.3. The number of aromatic amines is 2. The number of H-pyrrole nitrogens is 2. The summed E-state index contributed by atoms with van der Waals surface area (Å²) in [6, 6.07) is 25.6. The summed E-state index contributed by atoms with van der Waals surface area (Å²) in [5.41, 5.74) is 4.74. The Kier molecular flexibility index (Phi) is 8.21. The van der Waals surface area contributed by atoms with Crippen LogP contribution in [0.5, 0.6) is 0 Å². The number of likely N-dealkylation sites (tertiary alicyclic amines) is 2. The number of nitrogens with zero attached hydrogens (tertiary/aromatic N) is 4. The summed E-state index contributed by atoms with van der Waals surface area (Å²) in [6.45, 7) is 1.15. The Morgan fingerprint density at radius 1 is 0.630 bits per heavy atom. The van der Waals surface area contributed by atoms with Gasteiger partial charge in [-0.1, -0.05) is 84.9 Å². The van der Waals surface area contributed by atoms with Crippen molar-refractivity contribution in [2.24, 2.45) is 0 Å². The van der Waals surface area contributed by atoms with Crippen LogP contribution in [0.4, 0.5) is 0 Å². The lowest BCUT2D eigenvalue weighted by Gasteiger charge is -2.26.